The molecule has 1 aromatic heterocycles. The van der Waals surface area contributed by atoms with Crippen LogP contribution in [0.1, 0.15) is 33.0 Å². The Kier molecular flexibility index (Phi) is 5.73. The molecule has 0 amide bonds. The van der Waals surface area contributed by atoms with Gasteiger partial charge in [-0.05, 0) is 28.8 Å². The highest BCUT2D eigenvalue weighted by Gasteiger charge is 2.25. The number of nitrogens with two attached hydrogens (primary N) is 1. The Bertz CT molecular complexity index is 868. The minimum Gasteiger partial charge on any atom is -0.447 e. The number of hydrogen-bond acceptors (Lipinski definition) is 5. The van der Waals surface area contributed by atoms with E-state index in [0.717, 1.165) is 23.0 Å². The van der Waals surface area contributed by atoms with Crippen molar-refractivity contribution in [3.05, 3.63) is 95.2 Å². The number of carbonyl (C=O) groups is 1. The second-order valence-corrected chi connectivity index (χ2v) is 5.89. The number of aliphatic hydroxyl groups is 1. The SMILES string of the molecule is NCc1ccnc(O[C@@H](O)[C@H](c2ccccc2)c2cccc(C=O)c2)c1. The molecule has 0 radical (unpaired) electrons. The molecule has 0 unspecified atom stereocenters. The topological polar surface area (TPSA) is 85.4 Å². The zero-order valence-electron chi connectivity index (χ0n) is 14.2. The third kappa shape index (κ3) is 4.14. The number of rotatable bonds is 7. The molecule has 2 atom stereocenters. The van der Waals surface area contributed by atoms with Gasteiger partial charge in [0.25, 0.3) is 0 Å². The molecule has 0 fully saturated rings. The zero-order chi connectivity index (χ0) is 18.4. The third-order valence-corrected chi connectivity index (χ3v) is 4.13. The lowest BCUT2D eigenvalue weighted by Gasteiger charge is -2.24. The lowest BCUT2D eigenvalue weighted by Crippen LogP contribution is -2.26. The second kappa shape index (κ2) is 8.38. The predicted molar refractivity (Wildman–Crippen MR) is 98.9 cm³/mol. The molecule has 0 saturated carbocycles. The summed E-state index contributed by atoms with van der Waals surface area (Å²) < 4.78 is 5.70. The Morgan fingerprint density at radius 1 is 1.04 bits per heavy atom. The summed E-state index contributed by atoms with van der Waals surface area (Å²) in [5.41, 5.74) is 8.70. The molecule has 3 N–H and O–H groups in total. The molecule has 0 spiro atoms. The number of aliphatic hydroxyl groups excluding tert-OH is 1. The fourth-order valence-corrected chi connectivity index (χ4v) is 2.84. The van der Waals surface area contributed by atoms with Crippen LogP contribution in [0.3, 0.4) is 0 Å². The number of ether oxygens (including phenoxy) is 1. The summed E-state index contributed by atoms with van der Waals surface area (Å²) in [6, 6.07) is 20.1. The summed E-state index contributed by atoms with van der Waals surface area (Å²) in [7, 11) is 0. The van der Waals surface area contributed by atoms with Gasteiger partial charge in [-0.25, -0.2) is 4.98 Å². The first-order valence-corrected chi connectivity index (χ1v) is 8.31. The Morgan fingerprint density at radius 2 is 1.81 bits per heavy atom. The molecule has 3 aromatic rings. The van der Waals surface area contributed by atoms with Crippen LogP contribution in [0.5, 0.6) is 5.88 Å². The van der Waals surface area contributed by atoms with Gasteiger partial charge in [0.05, 0.1) is 5.92 Å². The van der Waals surface area contributed by atoms with Crippen LogP contribution in [0.4, 0.5) is 0 Å². The standard InChI is InChI=1S/C21H20N2O3/c22-13-15-9-10-23-19(12-15)26-21(25)20(17-6-2-1-3-7-17)18-8-4-5-16(11-18)14-24/h1-12,14,20-21,25H,13,22H2/t20-,21-/m1/s1. The van der Waals surface area contributed by atoms with Gasteiger partial charge in [-0.3, -0.25) is 4.79 Å². The van der Waals surface area contributed by atoms with E-state index in [9.17, 15) is 9.90 Å². The molecule has 0 aliphatic rings. The second-order valence-electron chi connectivity index (χ2n) is 5.89. The Labute approximate surface area is 152 Å². The first-order chi connectivity index (χ1) is 12.7. The van der Waals surface area contributed by atoms with E-state index in [2.05, 4.69) is 4.98 Å². The Morgan fingerprint density at radius 3 is 2.54 bits per heavy atom. The summed E-state index contributed by atoms with van der Waals surface area (Å²) in [4.78, 5) is 15.3. The van der Waals surface area contributed by atoms with E-state index >= 15 is 0 Å². The fraction of sp³-hybridized carbons (Fsp3) is 0.143. The Balaban J connectivity index is 1.95. The van der Waals surface area contributed by atoms with Crippen LogP contribution in [0.15, 0.2) is 72.9 Å². The maximum absolute atomic E-state index is 11.1. The average Bonchev–Trinajstić information content (AvgIpc) is 2.69. The highest BCUT2D eigenvalue weighted by Crippen LogP contribution is 2.30. The van der Waals surface area contributed by atoms with E-state index in [1.54, 1.807) is 36.5 Å². The fourth-order valence-electron chi connectivity index (χ4n) is 2.84. The van der Waals surface area contributed by atoms with Crippen LogP contribution in [0.25, 0.3) is 0 Å². The summed E-state index contributed by atoms with van der Waals surface area (Å²) in [5.74, 6) is -0.174. The van der Waals surface area contributed by atoms with Crippen molar-refractivity contribution in [1.29, 1.82) is 0 Å². The molecular formula is C21H20N2O3. The lowest BCUT2D eigenvalue weighted by atomic mass is 9.90. The molecular weight excluding hydrogens is 328 g/mol. The summed E-state index contributed by atoms with van der Waals surface area (Å²) in [6.45, 7) is 0.360. The van der Waals surface area contributed by atoms with E-state index < -0.39 is 12.2 Å². The van der Waals surface area contributed by atoms with Crippen LogP contribution in [0, 0.1) is 0 Å². The number of pyridine rings is 1. The average molecular weight is 348 g/mol. The van der Waals surface area contributed by atoms with E-state index in [4.69, 9.17) is 10.5 Å². The van der Waals surface area contributed by atoms with Crippen LogP contribution in [0.2, 0.25) is 0 Å². The van der Waals surface area contributed by atoms with Crippen molar-refractivity contribution in [1.82, 2.24) is 4.98 Å². The van der Waals surface area contributed by atoms with Gasteiger partial charge in [0.1, 0.15) is 6.29 Å². The molecule has 0 aliphatic carbocycles. The molecule has 5 nitrogen and oxygen atoms in total. The molecule has 0 saturated heterocycles. The van der Waals surface area contributed by atoms with Crippen LogP contribution in [-0.2, 0) is 6.54 Å². The number of benzene rings is 2. The minimum absolute atomic E-state index is 0.299. The van der Waals surface area contributed by atoms with Crippen molar-refractivity contribution in [3.63, 3.8) is 0 Å². The van der Waals surface area contributed by atoms with Gasteiger partial charge in [0.15, 0.2) is 0 Å². The summed E-state index contributed by atoms with van der Waals surface area (Å²) >= 11 is 0. The first-order valence-electron chi connectivity index (χ1n) is 8.31. The van der Waals surface area contributed by atoms with E-state index in [0.29, 0.717) is 18.0 Å². The number of aromatic nitrogens is 1. The Hall–Kier alpha value is -3.02. The van der Waals surface area contributed by atoms with E-state index in [1.165, 1.54) is 0 Å². The summed E-state index contributed by atoms with van der Waals surface area (Å²) in [6.07, 6.45) is 1.19. The van der Waals surface area contributed by atoms with Gasteiger partial charge in [-0.15, -0.1) is 0 Å². The van der Waals surface area contributed by atoms with Gasteiger partial charge in [-0.1, -0.05) is 48.5 Å². The van der Waals surface area contributed by atoms with Crippen molar-refractivity contribution < 1.29 is 14.6 Å². The highest BCUT2D eigenvalue weighted by atomic mass is 16.6. The van der Waals surface area contributed by atoms with Crippen molar-refractivity contribution in [2.75, 3.05) is 0 Å². The molecule has 132 valence electrons. The molecule has 0 aliphatic heterocycles. The van der Waals surface area contributed by atoms with Gasteiger partial charge in [-0.2, -0.15) is 0 Å². The van der Waals surface area contributed by atoms with Gasteiger partial charge >= 0.3 is 0 Å². The van der Waals surface area contributed by atoms with Crippen molar-refractivity contribution in [2.24, 2.45) is 5.73 Å². The monoisotopic (exact) mass is 348 g/mol. The smallest absolute Gasteiger partial charge is 0.216 e. The molecule has 5 heteroatoms. The molecule has 0 bridgehead atoms. The number of nitrogens with zero attached hydrogens (tertiary/aromatic N) is 1. The zero-order valence-corrected chi connectivity index (χ0v) is 14.2. The predicted octanol–water partition coefficient (Wildman–Crippen LogP) is 2.88. The highest BCUT2D eigenvalue weighted by molar-refractivity contribution is 5.75. The minimum atomic E-state index is -1.18. The maximum atomic E-state index is 11.1. The largest absolute Gasteiger partial charge is 0.447 e. The first kappa shape index (κ1) is 17.8. The van der Waals surface area contributed by atoms with Gasteiger partial charge < -0.3 is 15.6 Å². The van der Waals surface area contributed by atoms with Gasteiger partial charge in [0.2, 0.25) is 12.2 Å². The summed E-state index contributed by atoms with van der Waals surface area (Å²) in [5, 5.41) is 10.8. The van der Waals surface area contributed by atoms with E-state index in [-0.39, 0.29) is 0 Å². The van der Waals surface area contributed by atoms with E-state index in [1.807, 2.05) is 36.4 Å². The van der Waals surface area contributed by atoms with Crippen molar-refractivity contribution in [2.45, 2.75) is 18.8 Å². The van der Waals surface area contributed by atoms with Crippen molar-refractivity contribution >= 4 is 6.29 Å². The van der Waals surface area contributed by atoms with Crippen LogP contribution in [-0.4, -0.2) is 22.7 Å². The van der Waals surface area contributed by atoms with Crippen molar-refractivity contribution in [3.8, 4) is 5.88 Å². The maximum Gasteiger partial charge on any atom is 0.216 e. The molecule has 26 heavy (non-hydrogen) atoms. The van der Waals surface area contributed by atoms with Crippen LogP contribution < -0.4 is 10.5 Å². The quantitative estimate of drug-likeness (QED) is 0.506. The number of carbonyl (C=O) groups excluding carboxylic acids is 1. The van der Waals surface area contributed by atoms with Crippen LogP contribution >= 0.6 is 0 Å². The number of aldehydes is 1. The molecule has 3 rings (SSSR count). The van der Waals surface area contributed by atoms with Gasteiger partial charge in [0, 0.05) is 24.4 Å². The number of hydrogen-bond donors (Lipinski definition) is 2. The normalized spacial score (nSPS) is 13.0. The third-order valence-electron chi connectivity index (χ3n) is 4.13. The lowest BCUT2D eigenvalue weighted by molar-refractivity contribution is -0.0322. The molecule has 1 heterocycles. The molecule has 2 aromatic carbocycles.